The molecule has 1 aromatic carbocycles. The first-order chi connectivity index (χ1) is 13.7. The summed E-state index contributed by atoms with van der Waals surface area (Å²) in [6, 6.07) is 13.9. The maximum absolute atomic E-state index is 5.69. The molecule has 0 atom stereocenters. The number of hydrogen-bond donors (Lipinski definition) is 0. The molecule has 1 aromatic heterocycles. The van der Waals surface area contributed by atoms with Crippen molar-refractivity contribution in [3.05, 3.63) is 76.2 Å². The van der Waals surface area contributed by atoms with Gasteiger partial charge in [0.1, 0.15) is 6.61 Å². The summed E-state index contributed by atoms with van der Waals surface area (Å²) in [6.07, 6.45) is 4.42. The number of nitrogens with zero attached hydrogens (tertiary/aromatic N) is 3. The molecule has 0 N–H and O–H groups in total. The molecule has 2 aromatic rings. The minimum Gasteiger partial charge on any atom is -0.472 e. The Morgan fingerprint density at radius 1 is 1.14 bits per heavy atom. The van der Waals surface area contributed by atoms with Crippen LogP contribution in [0, 0.1) is 0 Å². The van der Waals surface area contributed by atoms with Crippen LogP contribution in [-0.4, -0.2) is 34.7 Å². The fourth-order valence-electron chi connectivity index (χ4n) is 3.13. The van der Waals surface area contributed by atoms with Gasteiger partial charge < -0.3 is 4.74 Å². The molecule has 0 unspecified atom stereocenters. The van der Waals surface area contributed by atoms with E-state index in [0.29, 0.717) is 12.5 Å². The lowest BCUT2D eigenvalue weighted by molar-refractivity contribution is 0.290. The van der Waals surface area contributed by atoms with Gasteiger partial charge in [-0.05, 0) is 67.6 Å². The largest absolute Gasteiger partial charge is 0.472 e. The summed E-state index contributed by atoms with van der Waals surface area (Å²) in [7, 11) is 0. The van der Waals surface area contributed by atoms with Crippen LogP contribution in [0.2, 0.25) is 0 Å². The van der Waals surface area contributed by atoms with Crippen LogP contribution in [0.25, 0.3) is 0 Å². The van der Waals surface area contributed by atoms with E-state index < -0.39 is 0 Å². The number of allylic oxidation sites excluding steroid dienone is 1. The lowest BCUT2D eigenvalue weighted by atomic mass is 10.2. The van der Waals surface area contributed by atoms with Crippen LogP contribution in [0.4, 0.5) is 0 Å². The Morgan fingerprint density at radius 2 is 1.93 bits per heavy atom. The van der Waals surface area contributed by atoms with Crippen molar-refractivity contribution in [3.63, 3.8) is 0 Å². The van der Waals surface area contributed by atoms with Gasteiger partial charge in [0.05, 0.1) is 5.69 Å². The third kappa shape index (κ3) is 7.13. The first-order valence-corrected chi connectivity index (χ1v) is 10.8. The Hall–Kier alpha value is -2.11. The molecule has 4 nitrogen and oxygen atoms in total. The van der Waals surface area contributed by atoms with Crippen molar-refractivity contribution < 1.29 is 4.74 Å². The summed E-state index contributed by atoms with van der Waals surface area (Å²) in [4.78, 5) is 3.68. The van der Waals surface area contributed by atoms with E-state index in [1.54, 1.807) is 11.8 Å². The van der Waals surface area contributed by atoms with E-state index in [1.165, 1.54) is 31.5 Å². The van der Waals surface area contributed by atoms with Gasteiger partial charge in [0.2, 0.25) is 5.88 Å². The van der Waals surface area contributed by atoms with Gasteiger partial charge in [-0.25, -0.2) is 0 Å². The molecular formula is C23H29N3OS. The van der Waals surface area contributed by atoms with Crippen molar-refractivity contribution >= 4 is 11.8 Å². The number of aryl methyl sites for hydroxylation is 1. The van der Waals surface area contributed by atoms with Crippen LogP contribution >= 0.6 is 11.8 Å². The van der Waals surface area contributed by atoms with E-state index in [9.17, 15) is 0 Å². The van der Waals surface area contributed by atoms with Crippen LogP contribution < -0.4 is 4.74 Å². The minimum absolute atomic E-state index is 0.505. The average molecular weight is 396 g/mol. The molecule has 5 heteroatoms. The zero-order valence-corrected chi connectivity index (χ0v) is 17.5. The zero-order chi connectivity index (χ0) is 19.6. The number of thioether (sulfide) groups is 1. The van der Waals surface area contributed by atoms with Gasteiger partial charge in [-0.15, -0.1) is 16.9 Å². The Bertz CT molecular complexity index is 768. The second kappa shape index (κ2) is 11.0. The Morgan fingerprint density at radius 3 is 2.64 bits per heavy atom. The normalized spacial score (nSPS) is 15.0. The van der Waals surface area contributed by atoms with Crippen LogP contribution in [0.15, 0.2) is 64.9 Å². The second-order valence-corrected chi connectivity index (χ2v) is 8.29. The summed E-state index contributed by atoms with van der Waals surface area (Å²) in [5.41, 5.74) is 3.49. The highest BCUT2D eigenvalue weighted by atomic mass is 32.2. The second-order valence-electron chi connectivity index (χ2n) is 7.24. The van der Waals surface area contributed by atoms with Crippen LogP contribution in [-0.2, 0) is 13.0 Å². The highest BCUT2D eigenvalue weighted by Crippen LogP contribution is 2.23. The van der Waals surface area contributed by atoms with Crippen molar-refractivity contribution in [2.45, 2.75) is 39.2 Å². The van der Waals surface area contributed by atoms with Gasteiger partial charge in [0.25, 0.3) is 0 Å². The van der Waals surface area contributed by atoms with Crippen LogP contribution in [0.1, 0.15) is 37.4 Å². The van der Waals surface area contributed by atoms with Gasteiger partial charge >= 0.3 is 0 Å². The monoisotopic (exact) mass is 395 g/mol. The standard InChI is InChI=1S/C23H29N3OS/c1-19(16-26-14-6-7-15-26)18-28-20(2)10-11-22-12-13-23(25-24-22)27-17-21-8-4-3-5-9-21/h3-5,8-9,12-13,18H,2,6-7,10-11,14-17H2,1H3/b19-18+. The number of ether oxygens (including phenoxy) is 1. The minimum atomic E-state index is 0.505. The summed E-state index contributed by atoms with van der Waals surface area (Å²) in [6.45, 7) is 10.5. The SMILES string of the molecule is C=C(CCc1ccc(OCc2ccccc2)nn1)S/C=C(\C)CN1CCCC1. The number of hydrogen-bond acceptors (Lipinski definition) is 5. The van der Waals surface area contributed by atoms with Crippen molar-refractivity contribution in [3.8, 4) is 5.88 Å². The van der Waals surface area contributed by atoms with E-state index in [-0.39, 0.29) is 0 Å². The molecule has 0 saturated carbocycles. The molecule has 1 aliphatic rings. The third-order valence-corrected chi connectivity index (χ3v) is 5.74. The number of rotatable bonds is 10. The maximum atomic E-state index is 5.69. The van der Waals surface area contributed by atoms with Gasteiger partial charge in [-0.3, -0.25) is 4.90 Å². The van der Waals surface area contributed by atoms with E-state index in [2.05, 4.69) is 34.0 Å². The summed E-state index contributed by atoms with van der Waals surface area (Å²) >= 11 is 1.74. The molecule has 148 valence electrons. The van der Waals surface area contributed by atoms with Gasteiger partial charge in [0, 0.05) is 12.6 Å². The van der Waals surface area contributed by atoms with Gasteiger partial charge in [-0.2, -0.15) is 5.10 Å². The summed E-state index contributed by atoms with van der Waals surface area (Å²) in [5, 5.41) is 10.7. The maximum Gasteiger partial charge on any atom is 0.233 e. The zero-order valence-electron chi connectivity index (χ0n) is 16.6. The van der Waals surface area contributed by atoms with Crippen molar-refractivity contribution in [2.75, 3.05) is 19.6 Å². The Kier molecular flexibility index (Phi) is 8.12. The van der Waals surface area contributed by atoms with Crippen LogP contribution in [0.5, 0.6) is 5.88 Å². The summed E-state index contributed by atoms with van der Waals surface area (Å²) in [5.74, 6) is 0.557. The molecule has 0 amide bonds. The molecule has 28 heavy (non-hydrogen) atoms. The molecule has 0 spiro atoms. The Labute approximate surface area is 172 Å². The molecule has 1 saturated heterocycles. The van der Waals surface area contributed by atoms with Crippen LogP contribution in [0.3, 0.4) is 0 Å². The fraction of sp³-hybridized carbons (Fsp3) is 0.391. The molecule has 2 heterocycles. The molecular weight excluding hydrogens is 366 g/mol. The smallest absolute Gasteiger partial charge is 0.233 e. The predicted octanol–water partition coefficient (Wildman–Crippen LogP) is 5.23. The van der Waals surface area contributed by atoms with Crippen molar-refractivity contribution in [1.29, 1.82) is 0 Å². The summed E-state index contributed by atoms with van der Waals surface area (Å²) < 4.78 is 5.69. The first kappa shape index (κ1) is 20.6. The van der Waals surface area contributed by atoms with Gasteiger partial charge in [0.15, 0.2) is 0 Å². The topological polar surface area (TPSA) is 38.3 Å². The molecule has 0 radical (unpaired) electrons. The lowest BCUT2D eigenvalue weighted by Crippen LogP contribution is -2.20. The van der Waals surface area contributed by atoms with E-state index in [4.69, 9.17) is 4.74 Å². The predicted molar refractivity (Wildman–Crippen MR) is 117 cm³/mol. The first-order valence-electron chi connectivity index (χ1n) is 9.91. The van der Waals surface area contributed by atoms with Crippen molar-refractivity contribution in [1.82, 2.24) is 15.1 Å². The number of aromatic nitrogens is 2. The quantitative estimate of drug-likeness (QED) is 0.550. The van der Waals surface area contributed by atoms with Crippen molar-refractivity contribution in [2.24, 2.45) is 0 Å². The highest BCUT2D eigenvalue weighted by molar-refractivity contribution is 8.05. The molecule has 1 fully saturated rings. The molecule has 0 aliphatic carbocycles. The van der Waals surface area contributed by atoms with E-state index in [0.717, 1.165) is 35.5 Å². The number of likely N-dealkylation sites (tertiary alicyclic amines) is 1. The Balaban J connectivity index is 1.37. The third-order valence-electron chi connectivity index (χ3n) is 4.68. The number of benzene rings is 1. The fourth-order valence-corrected chi connectivity index (χ4v) is 3.79. The van der Waals surface area contributed by atoms with E-state index >= 15 is 0 Å². The molecule has 0 bridgehead atoms. The average Bonchev–Trinajstić information content (AvgIpc) is 3.23. The molecule has 1 aliphatic heterocycles. The highest BCUT2D eigenvalue weighted by Gasteiger charge is 2.11. The lowest BCUT2D eigenvalue weighted by Gasteiger charge is -2.14. The van der Waals surface area contributed by atoms with E-state index in [1.807, 2.05) is 42.5 Å². The molecule has 3 rings (SSSR count). The van der Waals surface area contributed by atoms with Gasteiger partial charge in [-0.1, -0.05) is 42.5 Å².